The van der Waals surface area contributed by atoms with Crippen molar-refractivity contribution >= 4 is 17.3 Å². The first-order valence-corrected chi connectivity index (χ1v) is 6.74. The van der Waals surface area contributed by atoms with E-state index in [1.807, 2.05) is 24.3 Å². The molecule has 2 aromatic rings. The summed E-state index contributed by atoms with van der Waals surface area (Å²) in [6, 6.07) is 6.40. The number of anilines is 1. The Labute approximate surface area is 120 Å². The number of benzene rings is 1. The van der Waals surface area contributed by atoms with Gasteiger partial charge in [-0.3, -0.25) is 9.89 Å². The molecule has 1 aromatic carbocycles. The number of aromatic amines is 1. The van der Waals surface area contributed by atoms with Crippen LogP contribution in [0.5, 0.6) is 0 Å². The third-order valence-electron chi connectivity index (χ3n) is 3.89. The first kappa shape index (κ1) is 12.1. The van der Waals surface area contributed by atoms with E-state index in [1.165, 1.54) is 12.1 Å². The van der Waals surface area contributed by atoms with E-state index in [-0.39, 0.29) is 17.6 Å². The topological polar surface area (TPSA) is 57.8 Å². The number of nitrogens with zero attached hydrogens (tertiary/aromatic N) is 1. The van der Waals surface area contributed by atoms with Gasteiger partial charge in [0.15, 0.2) is 5.82 Å². The van der Waals surface area contributed by atoms with Crippen LogP contribution in [0.1, 0.15) is 29.2 Å². The van der Waals surface area contributed by atoms with Gasteiger partial charge in [-0.1, -0.05) is 30.4 Å². The number of amides is 1. The van der Waals surface area contributed by atoms with Crippen molar-refractivity contribution in [3.05, 3.63) is 65.1 Å². The minimum absolute atomic E-state index is 0.104. The molecular weight excluding hydrogens is 269 g/mol. The molecule has 4 rings (SSSR count). The van der Waals surface area contributed by atoms with Crippen molar-refractivity contribution in [3.63, 3.8) is 0 Å². The van der Waals surface area contributed by atoms with Crippen LogP contribution in [0.4, 0.5) is 10.2 Å². The fraction of sp³-hybridized carbons (Fsp3) is 0.125. The average molecular weight is 281 g/mol. The Hall–Kier alpha value is -2.69. The van der Waals surface area contributed by atoms with Gasteiger partial charge in [0.25, 0.3) is 0 Å². The molecule has 2 aliphatic rings. The van der Waals surface area contributed by atoms with Crippen LogP contribution in [0.15, 0.2) is 42.5 Å². The molecule has 21 heavy (non-hydrogen) atoms. The van der Waals surface area contributed by atoms with Crippen LogP contribution in [0.2, 0.25) is 0 Å². The molecule has 1 unspecified atom stereocenters. The summed E-state index contributed by atoms with van der Waals surface area (Å²) >= 11 is 0. The Bertz CT molecular complexity index is 804. The lowest BCUT2D eigenvalue weighted by atomic mass is 9.83. The van der Waals surface area contributed by atoms with Gasteiger partial charge in [-0.15, -0.1) is 0 Å². The summed E-state index contributed by atoms with van der Waals surface area (Å²) < 4.78 is 13.5. The van der Waals surface area contributed by atoms with Gasteiger partial charge in [-0.25, -0.2) is 4.39 Å². The van der Waals surface area contributed by atoms with Crippen LogP contribution in [0.3, 0.4) is 0 Å². The van der Waals surface area contributed by atoms with Gasteiger partial charge in [-0.05, 0) is 23.3 Å². The highest BCUT2D eigenvalue weighted by molar-refractivity contribution is 5.96. The lowest BCUT2D eigenvalue weighted by molar-refractivity contribution is -0.116. The largest absolute Gasteiger partial charge is 0.309 e. The van der Waals surface area contributed by atoms with E-state index in [9.17, 15) is 9.18 Å². The molecule has 0 radical (unpaired) electrons. The fourth-order valence-electron chi connectivity index (χ4n) is 2.84. The minimum atomic E-state index is -0.298. The first-order valence-electron chi connectivity index (χ1n) is 6.74. The van der Waals surface area contributed by atoms with E-state index < -0.39 is 0 Å². The summed E-state index contributed by atoms with van der Waals surface area (Å²) in [4.78, 5) is 11.9. The fourth-order valence-corrected chi connectivity index (χ4v) is 2.84. The van der Waals surface area contributed by atoms with Gasteiger partial charge in [0.2, 0.25) is 5.91 Å². The zero-order valence-electron chi connectivity index (χ0n) is 11.1. The highest BCUT2D eigenvalue weighted by Gasteiger charge is 2.32. The molecule has 4 nitrogen and oxygen atoms in total. The van der Waals surface area contributed by atoms with Gasteiger partial charge < -0.3 is 5.32 Å². The summed E-state index contributed by atoms with van der Waals surface area (Å²) in [5.41, 5.74) is 3.65. The molecule has 1 amide bonds. The van der Waals surface area contributed by atoms with E-state index in [2.05, 4.69) is 15.5 Å². The number of hydrogen-bond donors (Lipinski definition) is 2. The Morgan fingerprint density at radius 3 is 2.90 bits per heavy atom. The van der Waals surface area contributed by atoms with Gasteiger partial charge in [-0.2, -0.15) is 5.10 Å². The molecule has 1 aromatic heterocycles. The Morgan fingerprint density at radius 1 is 1.33 bits per heavy atom. The zero-order chi connectivity index (χ0) is 14.4. The molecule has 0 bridgehead atoms. The van der Waals surface area contributed by atoms with Crippen LogP contribution >= 0.6 is 0 Å². The predicted molar refractivity (Wildman–Crippen MR) is 77.2 cm³/mol. The number of fused-ring (bicyclic) bond motifs is 1. The highest BCUT2D eigenvalue weighted by Crippen LogP contribution is 2.41. The maximum atomic E-state index is 13.5. The molecule has 5 heteroatoms. The maximum Gasteiger partial charge on any atom is 0.226 e. The summed E-state index contributed by atoms with van der Waals surface area (Å²) in [6.45, 7) is 0. The SMILES string of the molecule is O=C1CC(c2cccc(F)c2)c2c(n[nH]c2C2=CC=C2)N1. The van der Waals surface area contributed by atoms with Crippen LogP contribution in [-0.2, 0) is 4.79 Å². The molecular formula is C16H12FN3O. The van der Waals surface area contributed by atoms with E-state index in [4.69, 9.17) is 0 Å². The molecule has 0 spiro atoms. The lowest BCUT2D eigenvalue weighted by Gasteiger charge is -2.24. The molecule has 2 heterocycles. The lowest BCUT2D eigenvalue weighted by Crippen LogP contribution is -2.23. The number of carbonyl (C=O) groups is 1. The van der Waals surface area contributed by atoms with Crippen LogP contribution < -0.4 is 5.32 Å². The second kappa shape index (κ2) is 4.41. The summed E-state index contributed by atoms with van der Waals surface area (Å²) in [5.74, 6) is -0.0504. The maximum absolute atomic E-state index is 13.5. The average Bonchev–Trinajstić information content (AvgIpc) is 2.79. The van der Waals surface area contributed by atoms with Crippen LogP contribution in [-0.4, -0.2) is 16.1 Å². The predicted octanol–water partition coefficient (Wildman–Crippen LogP) is 2.98. The van der Waals surface area contributed by atoms with Crippen molar-refractivity contribution < 1.29 is 9.18 Å². The van der Waals surface area contributed by atoms with Crippen molar-refractivity contribution in [2.45, 2.75) is 12.3 Å². The molecule has 1 atom stereocenters. The standard InChI is InChI=1S/C16H12FN3O/c17-11-6-2-5-10(7-11)12-8-13(21)18-16-14(12)15(19-20-16)9-3-1-4-9/h1-7,12H,8H2,(H2,18,19,20,21). The molecule has 1 aliphatic heterocycles. The second-order valence-corrected chi connectivity index (χ2v) is 5.20. The van der Waals surface area contributed by atoms with E-state index in [1.54, 1.807) is 6.07 Å². The monoisotopic (exact) mass is 281 g/mol. The van der Waals surface area contributed by atoms with Crippen LogP contribution in [0, 0.1) is 5.82 Å². The number of nitrogens with one attached hydrogen (secondary N) is 2. The molecule has 2 N–H and O–H groups in total. The molecule has 0 saturated heterocycles. The van der Waals surface area contributed by atoms with Gasteiger partial charge in [0.05, 0.1) is 5.69 Å². The third-order valence-corrected chi connectivity index (χ3v) is 3.89. The second-order valence-electron chi connectivity index (χ2n) is 5.20. The van der Waals surface area contributed by atoms with Crippen molar-refractivity contribution in [2.75, 3.05) is 5.32 Å². The molecule has 0 saturated carbocycles. The summed E-state index contributed by atoms with van der Waals surface area (Å²) in [7, 11) is 0. The number of carbonyl (C=O) groups excluding carboxylic acids is 1. The Balaban J connectivity index is 1.86. The quantitative estimate of drug-likeness (QED) is 0.889. The number of H-pyrrole nitrogens is 1. The van der Waals surface area contributed by atoms with Crippen molar-refractivity contribution in [3.8, 4) is 0 Å². The Kier molecular flexibility index (Phi) is 2.54. The molecule has 0 fully saturated rings. The van der Waals surface area contributed by atoms with Crippen molar-refractivity contribution in [2.24, 2.45) is 0 Å². The Morgan fingerprint density at radius 2 is 2.19 bits per heavy atom. The summed E-state index contributed by atoms with van der Waals surface area (Å²) in [5, 5.41) is 9.93. The number of hydrogen-bond acceptors (Lipinski definition) is 2. The van der Waals surface area contributed by atoms with Gasteiger partial charge in [0.1, 0.15) is 5.82 Å². The smallest absolute Gasteiger partial charge is 0.226 e. The zero-order valence-corrected chi connectivity index (χ0v) is 11.1. The third kappa shape index (κ3) is 1.89. The number of allylic oxidation sites excluding steroid dienone is 4. The van der Waals surface area contributed by atoms with Gasteiger partial charge in [0, 0.05) is 17.9 Å². The van der Waals surface area contributed by atoms with Crippen molar-refractivity contribution in [1.82, 2.24) is 10.2 Å². The van der Waals surface area contributed by atoms with E-state index in [0.717, 1.165) is 22.4 Å². The van der Waals surface area contributed by atoms with Gasteiger partial charge >= 0.3 is 0 Å². The molecule has 104 valence electrons. The number of halogens is 1. The normalized spacial score (nSPS) is 19.6. The summed E-state index contributed by atoms with van der Waals surface area (Å²) in [6.07, 6.45) is 6.20. The highest BCUT2D eigenvalue weighted by atomic mass is 19.1. The first-order chi connectivity index (χ1) is 10.2. The number of rotatable bonds is 2. The number of aromatic nitrogens is 2. The minimum Gasteiger partial charge on any atom is -0.309 e. The van der Waals surface area contributed by atoms with Crippen LogP contribution in [0.25, 0.3) is 5.57 Å². The molecule has 1 aliphatic carbocycles. The van der Waals surface area contributed by atoms with E-state index in [0.29, 0.717) is 12.2 Å². The van der Waals surface area contributed by atoms with Crippen molar-refractivity contribution in [1.29, 1.82) is 0 Å². The van der Waals surface area contributed by atoms with E-state index >= 15 is 0 Å².